The summed E-state index contributed by atoms with van der Waals surface area (Å²) in [5, 5.41) is 19.9. The molecule has 0 saturated carbocycles. The molecule has 35 heavy (non-hydrogen) atoms. The van der Waals surface area contributed by atoms with E-state index in [1.807, 2.05) is 6.92 Å². The number of unbranched alkanes of at least 4 members (excludes halogenated alkanes) is 1. The molecule has 9 nitrogen and oxygen atoms in total. The van der Waals surface area contributed by atoms with Crippen LogP contribution in [-0.2, 0) is 11.2 Å². The van der Waals surface area contributed by atoms with Gasteiger partial charge in [-0.25, -0.2) is 9.59 Å². The Morgan fingerprint density at radius 2 is 1.57 bits per heavy atom. The predicted molar refractivity (Wildman–Crippen MR) is 129 cm³/mol. The fourth-order valence-electron chi connectivity index (χ4n) is 4.45. The third kappa shape index (κ3) is 5.24. The molecular formula is C26H31NO8. The number of aryl methyl sites for hydroxylation is 1. The highest BCUT2D eigenvalue weighted by molar-refractivity contribution is 6.05. The van der Waals surface area contributed by atoms with Gasteiger partial charge in [-0.15, -0.1) is 0 Å². The van der Waals surface area contributed by atoms with Crippen molar-refractivity contribution in [3.63, 3.8) is 0 Å². The van der Waals surface area contributed by atoms with E-state index in [0.29, 0.717) is 49.4 Å². The van der Waals surface area contributed by atoms with Gasteiger partial charge in [-0.3, -0.25) is 4.79 Å². The molecule has 1 aliphatic heterocycles. The van der Waals surface area contributed by atoms with E-state index in [1.54, 1.807) is 23.1 Å². The first-order valence-electron chi connectivity index (χ1n) is 11.5. The number of morpholine rings is 1. The maximum atomic E-state index is 13.2. The molecule has 9 heteroatoms. The molecule has 2 aromatic rings. The van der Waals surface area contributed by atoms with Crippen molar-refractivity contribution in [1.82, 2.24) is 4.90 Å². The summed E-state index contributed by atoms with van der Waals surface area (Å²) in [6.45, 7) is 5.30. The smallest absolute Gasteiger partial charge is 0.336 e. The molecule has 0 radical (unpaired) electrons. The summed E-state index contributed by atoms with van der Waals surface area (Å²) in [5.41, 5.74) is 1.59. The van der Waals surface area contributed by atoms with Crippen LogP contribution in [0.5, 0.6) is 11.5 Å². The molecular weight excluding hydrogens is 454 g/mol. The van der Waals surface area contributed by atoms with E-state index in [-0.39, 0.29) is 39.7 Å². The molecule has 0 unspecified atom stereocenters. The Bertz CT molecular complexity index is 1130. The Labute approximate surface area is 204 Å². The van der Waals surface area contributed by atoms with Gasteiger partial charge < -0.3 is 29.3 Å². The minimum atomic E-state index is -1.25. The van der Waals surface area contributed by atoms with Crippen LogP contribution in [0.3, 0.4) is 0 Å². The van der Waals surface area contributed by atoms with Gasteiger partial charge in [-0.05, 0) is 49.1 Å². The molecule has 0 spiro atoms. The summed E-state index contributed by atoms with van der Waals surface area (Å²) in [6, 6.07) is 4.73. The van der Waals surface area contributed by atoms with E-state index in [4.69, 9.17) is 14.2 Å². The zero-order valence-corrected chi connectivity index (χ0v) is 20.5. The monoisotopic (exact) mass is 485 g/mol. The molecule has 2 aromatic carbocycles. The number of rotatable bonds is 9. The highest BCUT2D eigenvalue weighted by Gasteiger charge is 2.28. The number of ether oxygens (including phenoxy) is 3. The number of carboxylic acid groups (broad SMARTS) is 2. The fourth-order valence-corrected chi connectivity index (χ4v) is 4.45. The van der Waals surface area contributed by atoms with Crippen molar-refractivity contribution in [2.45, 2.75) is 33.1 Å². The average Bonchev–Trinajstić information content (AvgIpc) is 2.85. The molecule has 0 aromatic heterocycles. The normalized spacial score (nSPS) is 13.4. The molecule has 1 aliphatic rings. The van der Waals surface area contributed by atoms with Gasteiger partial charge in [0.1, 0.15) is 11.5 Å². The standard InChI is InChI=1S/C26H31NO8/c1-5-6-7-16-12-18(23(26(31)32)15(2)22(16)25(29)30)17-13-21(34-4)19(14-20(17)33-3)24(28)27-8-10-35-11-9-27/h12-14H,5-11H2,1-4H3,(H,29,30)(H,31,32). The molecule has 1 fully saturated rings. The second-order valence-corrected chi connectivity index (χ2v) is 8.33. The largest absolute Gasteiger partial charge is 0.496 e. The van der Waals surface area contributed by atoms with Gasteiger partial charge in [-0.1, -0.05) is 13.3 Å². The summed E-state index contributed by atoms with van der Waals surface area (Å²) >= 11 is 0. The van der Waals surface area contributed by atoms with Gasteiger partial charge in [0.25, 0.3) is 5.91 Å². The molecule has 0 atom stereocenters. The van der Waals surface area contributed by atoms with Crippen LogP contribution in [0, 0.1) is 6.92 Å². The molecule has 188 valence electrons. The first-order valence-corrected chi connectivity index (χ1v) is 11.5. The lowest BCUT2D eigenvalue weighted by molar-refractivity contribution is 0.0300. The first kappa shape index (κ1) is 26.0. The zero-order chi connectivity index (χ0) is 25.7. The zero-order valence-electron chi connectivity index (χ0n) is 20.5. The Morgan fingerprint density at radius 1 is 0.943 bits per heavy atom. The minimum absolute atomic E-state index is 0.00430. The Kier molecular flexibility index (Phi) is 8.34. The van der Waals surface area contributed by atoms with Crippen molar-refractivity contribution in [1.29, 1.82) is 0 Å². The summed E-state index contributed by atoms with van der Waals surface area (Å²) < 4.78 is 16.5. The maximum absolute atomic E-state index is 13.2. The Hall–Kier alpha value is -3.59. The van der Waals surface area contributed by atoms with Crippen molar-refractivity contribution >= 4 is 17.8 Å². The van der Waals surface area contributed by atoms with Gasteiger partial charge >= 0.3 is 11.9 Å². The van der Waals surface area contributed by atoms with E-state index < -0.39 is 11.9 Å². The van der Waals surface area contributed by atoms with Crippen LogP contribution in [0.15, 0.2) is 18.2 Å². The number of hydrogen-bond acceptors (Lipinski definition) is 6. The number of carboxylic acids is 2. The SMILES string of the molecule is CCCCc1cc(-c2cc(OC)c(C(=O)N3CCOCC3)cc2OC)c(C(=O)O)c(C)c1C(=O)O. The molecule has 1 heterocycles. The molecule has 0 bridgehead atoms. The van der Waals surface area contributed by atoms with E-state index in [9.17, 15) is 24.6 Å². The summed E-state index contributed by atoms with van der Waals surface area (Å²) in [7, 11) is 2.87. The van der Waals surface area contributed by atoms with Crippen molar-refractivity contribution in [3.8, 4) is 22.6 Å². The number of benzene rings is 2. The second kappa shape index (κ2) is 11.2. The Morgan fingerprint density at radius 3 is 2.11 bits per heavy atom. The third-order valence-corrected chi connectivity index (χ3v) is 6.23. The maximum Gasteiger partial charge on any atom is 0.336 e. The van der Waals surface area contributed by atoms with E-state index in [1.165, 1.54) is 21.1 Å². The van der Waals surface area contributed by atoms with Crippen LogP contribution < -0.4 is 9.47 Å². The number of methoxy groups -OCH3 is 2. The van der Waals surface area contributed by atoms with Crippen molar-refractivity contribution in [2.24, 2.45) is 0 Å². The average molecular weight is 486 g/mol. The molecule has 3 rings (SSSR count). The van der Waals surface area contributed by atoms with E-state index in [0.717, 1.165) is 12.8 Å². The number of hydrogen-bond donors (Lipinski definition) is 2. The number of nitrogens with zero attached hydrogens (tertiary/aromatic N) is 1. The number of amides is 1. The van der Waals surface area contributed by atoms with Gasteiger partial charge in [0.05, 0.1) is 44.1 Å². The van der Waals surface area contributed by atoms with Crippen LogP contribution in [0.1, 0.15) is 62.0 Å². The minimum Gasteiger partial charge on any atom is -0.496 e. The topological polar surface area (TPSA) is 123 Å². The fraction of sp³-hybridized carbons (Fsp3) is 0.423. The van der Waals surface area contributed by atoms with Gasteiger partial charge in [-0.2, -0.15) is 0 Å². The first-order chi connectivity index (χ1) is 16.7. The molecule has 1 saturated heterocycles. The summed E-state index contributed by atoms with van der Waals surface area (Å²) in [6.07, 6.45) is 2.08. The van der Waals surface area contributed by atoms with Crippen LogP contribution in [0.2, 0.25) is 0 Å². The van der Waals surface area contributed by atoms with Gasteiger partial charge in [0.15, 0.2) is 0 Å². The van der Waals surface area contributed by atoms with Crippen LogP contribution in [0.25, 0.3) is 11.1 Å². The van der Waals surface area contributed by atoms with Gasteiger partial charge in [0.2, 0.25) is 0 Å². The molecule has 1 amide bonds. The van der Waals surface area contributed by atoms with Gasteiger partial charge in [0, 0.05) is 24.2 Å². The van der Waals surface area contributed by atoms with Crippen molar-refractivity contribution in [3.05, 3.63) is 46.0 Å². The predicted octanol–water partition coefficient (Wildman–Crippen LogP) is 3.89. The lowest BCUT2D eigenvalue weighted by Gasteiger charge is -2.28. The summed E-state index contributed by atoms with van der Waals surface area (Å²) in [5.74, 6) is -2.11. The highest BCUT2D eigenvalue weighted by Crippen LogP contribution is 2.41. The number of carbonyl (C=O) groups is 3. The quantitative estimate of drug-likeness (QED) is 0.548. The van der Waals surface area contributed by atoms with E-state index in [2.05, 4.69) is 0 Å². The van der Waals surface area contributed by atoms with Crippen LogP contribution in [-0.4, -0.2) is 73.5 Å². The molecule has 0 aliphatic carbocycles. The van der Waals surface area contributed by atoms with Crippen molar-refractivity contribution < 1.29 is 38.8 Å². The van der Waals surface area contributed by atoms with Crippen molar-refractivity contribution in [2.75, 3.05) is 40.5 Å². The lowest BCUT2D eigenvalue weighted by atomic mass is 9.86. The Balaban J connectivity index is 2.26. The number of carbonyl (C=O) groups excluding carboxylic acids is 1. The number of aromatic carboxylic acids is 2. The molecule has 2 N–H and O–H groups in total. The third-order valence-electron chi connectivity index (χ3n) is 6.23. The van der Waals surface area contributed by atoms with Crippen LogP contribution >= 0.6 is 0 Å². The summed E-state index contributed by atoms with van der Waals surface area (Å²) in [4.78, 5) is 39.2. The highest BCUT2D eigenvalue weighted by atomic mass is 16.5. The van der Waals surface area contributed by atoms with Crippen LogP contribution in [0.4, 0.5) is 0 Å². The second-order valence-electron chi connectivity index (χ2n) is 8.33. The van der Waals surface area contributed by atoms with E-state index >= 15 is 0 Å². The lowest BCUT2D eigenvalue weighted by Crippen LogP contribution is -2.40.